The van der Waals surface area contributed by atoms with Crippen LogP contribution in [-0.4, -0.2) is 33.0 Å². The van der Waals surface area contributed by atoms with Gasteiger partial charge in [-0.2, -0.15) is 0 Å². The first-order valence-electron chi connectivity index (χ1n) is 3.23. The van der Waals surface area contributed by atoms with Crippen molar-refractivity contribution < 1.29 is 9.90 Å². The second kappa shape index (κ2) is 4.01. The minimum Gasteiger partial charge on any atom is -0.481 e. The fraction of sp³-hybridized carbons (Fsp3) is 0.667. The van der Waals surface area contributed by atoms with Gasteiger partial charge < -0.3 is 5.11 Å². The molecule has 0 aliphatic carbocycles. The molecule has 1 aliphatic heterocycles. The van der Waals surface area contributed by atoms with Crippen molar-refractivity contribution in [3.05, 3.63) is 0 Å². The van der Waals surface area contributed by atoms with E-state index < -0.39 is 5.97 Å². The predicted octanol–water partition coefficient (Wildman–Crippen LogP) is 1.30. The summed E-state index contributed by atoms with van der Waals surface area (Å²) in [6.07, 6.45) is 0. The lowest BCUT2D eigenvalue weighted by Crippen LogP contribution is -1.99. The summed E-state index contributed by atoms with van der Waals surface area (Å²) in [5, 5.41) is 8.35. The van der Waals surface area contributed by atoms with Crippen LogP contribution in [0.4, 0.5) is 0 Å². The lowest BCUT2D eigenvalue weighted by atomic mass is 10.4. The molecule has 5 heteroatoms. The van der Waals surface area contributed by atoms with Crippen molar-refractivity contribution in [2.24, 2.45) is 4.99 Å². The Bertz CT molecular complexity index is 193. The summed E-state index contributed by atoms with van der Waals surface area (Å²) in [5.41, 5.74) is 0. The molecule has 1 rings (SSSR count). The van der Waals surface area contributed by atoms with E-state index >= 15 is 0 Å². The summed E-state index contributed by atoms with van der Waals surface area (Å²) in [6, 6.07) is 0.358. The molecule has 0 aromatic carbocycles. The zero-order valence-corrected chi connectivity index (χ0v) is 7.74. The van der Waals surface area contributed by atoms with Crippen LogP contribution in [0.15, 0.2) is 4.99 Å². The topological polar surface area (TPSA) is 49.7 Å². The van der Waals surface area contributed by atoms with Crippen LogP contribution in [0.5, 0.6) is 0 Å². The van der Waals surface area contributed by atoms with E-state index in [0.29, 0.717) is 6.04 Å². The van der Waals surface area contributed by atoms with Gasteiger partial charge in [0.25, 0.3) is 0 Å². The first kappa shape index (κ1) is 8.93. The molecule has 3 nitrogen and oxygen atoms in total. The molecule has 1 unspecified atom stereocenters. The minimum atomic E-state index is -0.780. The second-order valence-electron chi connectivity index (χ2n) is 2.24. The van der Waals surface area contributed by atoms with Crippen molar-refractivity contribution in [3.63, 3.8) is 0 Å². The maximum Gasteiger partial charge on any atom is 0.313 e. The van der Waals surface area contributed by atoms with Crippen LogP contribution in [-0.2, 0) is 4.79 Å². The Labute approximate surface area is 73.7 Å². The van der Waals surface area contributed by atoms with Crippen LogP contribution in [0.2, 0.25) is 0 Å². The number of carboxylic acid groups (broad SMARTS) is 1. The molecule has 0 saturated heterocycles. The highest BCUT2D eigenvalue weighted by atomic mass is 32.2. The number of carbonyl (C=O) groups is 1. The molecule has 0 fully saturated rings. The summed E-state index contributed by atoms with van der Waals surface area (Å²) in [5.74, 6) is 0.332. The molecule has 1 heterocycles. The molecule has 11 heavy (non-hydrogen) atoms. The summed E-state index contributed by atoms with van der Waals surface area (Å²) in [7, 11) is 0. The van der Waals surface area contributed by atoms with Crippen LogP contribution < -0.4 is 0 Å². The van der Waals surface area contributed by atoms with Gasteiger partial charge in [0.15, 0.2) is 0 Å². The van der Waals surface area contributed by atoms with Crippen LogP contribution in [0.1, 0.15) is 6.92 Å². The maximum absolute atomic E-state index is 10.2. The molecule has 1 aliphatic rings. The highest BCUT2D eigenvalue weighted by molar-refractivity contribution is 8.39. The molecular weight excluding hydrogens is 182 g/mol. The first-order valence-corrected chi connectivity index (χ1v) is 5.21. The Balaban J connectivity index is 2.27. The Kier molecular flexibility index (Phi) is 3.26. The van der Waals surface area contributed by atoms with Crippen LogP contribution in [0, 0.1) is 0 Å². The predicted molar refractivity (Wildman–Crippen MR) is 49.4 cm³/mol. The molecule has 0 amide bonds. The molecule has 0 saturated carbocycles. The van der Waals surface area contributed by atoms with Gasteiger partial charge in [0.1, 0.15) is 4.38 Å². The van der Waals surface area contributed by atoms with Crippen molar-refractivity contribution in [3.8, 4) is 0 Å². The van der Waals surface area contributed by atoms with Gasteiger partial charge in [-0.3, -0.25) is 9.79 Å². The average molecular weight is 191 g/mol. The first-order chi connectivity index (χ1) is 5.18. The van der Waals surface area contributed by atoms with E-state index in [4.69, 9.17) is 5.11 Å². The van der Waals surface area contributed by atoms with Crippen molar-refractivity contribution in [1.29, 1.82) is 0 Å². The molecule has 0 spiro atoms. The van der Waals surface area contributed by atoms with Gasteiger partial charge in [0.05, 0.1) is 11.8 Å². The molecule has 1 N–H and O–H groups in total. The highest BCUT2D eigenvalue weighted by Crippen LogP contribution is 2.25. The molecule has 0 radical (unpaired) electrons. The smallest absolute Gasteiger partial charge is 0.313 e. The normalized spacial score (nSPS) is 23.4. The van der Waals surface area contributed by atoms with E-state index in [0.717, 1.165) is 10.1 Å². The third-order valence-corrected chi connectivity index (χ3v) is 3.55. The molecular formula is C6H9NO2S2. The van der Waals surface area contributed by atoms with E-state index in [9.17, 15) is 4.79 Å². The Morgan fingerprint density at radius 1 is 2.00 bits per heavy atom. The molecule has 1 atom stereocenters. The number of carboxylic acids is 1. The zero-order valence-electron chi connectivity index (χ0n) is 6.11. The molecule has 62 valence electrons. The van der Waals surface area contributed by atoms with Crippen LogP contribution >= 0.6 is 23.5 Å². The summed E-state index contributed by atoms with van der Waals surface area (Å²) in [4.78, 5) is 14.4. The number of aliphatic carboxylic acids is 1. The van der Waals surface area contributed by atoms with Crippen molar-refractivity contribution >= 4 is 33.9 Å². The molecule has 0 aromatic rings. The van der Waals surface area contributed by atoms with E-state index in [1.807, 2.05) is 6.92 Å². The monoisotopic (exact) mass is 191 g/mol. The largest absolute Gasteiger partial charge is 0.481 e. The fourth-order valence-corrected chi connectivity index (χ4v) is 2.58. The number of rotatable bonds is 2. The number of aliphatic imine (C=N–C) groups is 1. The van der Waals surface area contributed by atoms with E-state index in [1.165, 1.54) is 11.8 Å². The van der Waals surface area contributed by atoms with Crippen LogP contribution in [0.25, 0.3) is 0 Å². The summed E-state index contributed by atoms with van der Waals surface area (Å²) >= 11 is 2.95. The quantitative estimate of drug-likeness (QED) is 0.714. The van der Waals surface area contributed by atoms with Crippen molar-refractivity contribution in [2.45, 2.75) is 13.0 Å². The van der Waals surface area contributed by atoms with Gasteiger partial charge in [-0.25, -0.2) is 0 Å². The third kappa shape index (κ3) is 3.16. The Hall–Kier alpha value is -0.160. The number of nitrogens with zero attached hydrogens (tertiary/aromatic N) is 1. The average Bonchev–Trinajstić information content (AvgIpc) is 2.31. The van der Waals surface area contributed by atoms with E-state index in [-0.39, 0.29) is 5.75 Å². The lowest BCUT2D eigenvalue weighted by molar-refractivity contribution is -0.133. The fourth-order valence-electron chi connectivity index (χ4n) is 0.649. The standard InChI is InChI=1S/C6H9NO2S2/c1-4-2-10-6(7-4)11-3-5(8)9/h4H,2-3H2,1H3,(H,8,9). The van der Waals surface area contributed by atoms with Gasteiger partial charge in [-0.05, 0) is 6.92 Å². The summed E-state index contributed by atoms with van der Waals surface area (Å²) in [6.45, 7) is 2.03. The highest BCUT2D eigenvalue weighted by Gasteiger charge is 2.14. The second-order valence-corrected chi connectivity index (χ2v) is 4.47. The number of hydrogen-bond acceptors (Lipinski definition) is 4. The molecule has 0 bridgehead atoms. The van der Waals surface area contributed by atoms with Gasteiger partial charge in [0, 0.05) is 5.75 Å². The number of thioether (sulfide) groups is 2. The zero-order chi connectivity index (χ0) is 8.27. The number of hydrogen-bond donors (Lipinski definition) is 1. The lowest BCUT2D eigenvalue weighted by Gasteiger charge is -1.93. The van der Waals surface area contributed by atoms with Crippen molar-refractivity contribution in [2.75, 3.05) is 11.5 Å². The Morgan fingerprint density at radius 2 is 2.73 bits per heavy atom. The van der Waals surface area contributed by atoms with Gasteiger partial charge in [-0.1, -0.05) is 23.5 Å². The minimum absolute atomic E-state index is 0.124. The van der Waals surface area contributed by atoms with E-state index in [1.54, 1.807) is 11.8 Å². The maximum atomic E-state index is 10.2. The Morgan fingerprint density at radius 3 is 3.18 bits per heavy atom. The van der Waals surface area contributed by atoms with Crippen LogP contribution in [0.3, 0.4) is 0 Å². The van der Waals surface area contributed by atoms with Gasteiger partial charge in [-0.15, -0.1) is 0 Å². The van der Waals surface area contributed by atoms with Gasteiger partial charge >= 0.3 is 5.97 Å². The third-order valence-electron chi connectivity index (χ3n) is 1.09. The van der Waals surface area contributed by atoms with E-state index in [2.05, 4.69) is 4.99 Å². The summed E-state index contributed by atoms with van der Waals surface area (Å²) < 4.78 is 0.917. The molecule has 0 aromatic heterocycles. The van der Waals surface area contributed by atoms with Crippen molar-refractivity contribution in [1.82, 2.24) is 0 Å². The SMILES string of the molecule is CC1CSC(SCC(=O)O)=N1. The van der Waals surface area contributed by atoms with Gasteiger partial charge in [0.2, 0.25) is 0 Å².